The van der Waals surface area contributed by atoms with Crippen molar-refractivity contribution in [3.63, 3.8) is 0 Å². The topological polar surface area (TPSA) is 4.93 Å². The molecule has 0 radical (unpaired) electrons. The molecule has 2 heteroatoms. The van der Waals surface area contributed by atoms with Crippen LogP contribution in [-0.4, -0.2) is 30.2 Å². The number of rotatable bonds is 3. The zero-order valence-corrected chi connectivity index (χ0v) is 10.2. The van der Waals surface area contributed by atoms with Crippen LogP contribution in [0, 0.1) is 0 Å². The number of aromatic nitrogens is 1. The first-order valence-electron chi connectivity index (χ1n) is 5.58. The van der Waals surface area contributed by atoms with Crippen molar-refractivity contribution in [1.82, 2.24) is 4.57 Å². The molecule has 0 atom stereocenters. The summed E-state index contributed by atoms with van der Waals surface area (Å²) >= 11 is 0. The van der Waals surface area contributed by atoms with E-state index < -0.39 is 0 Å². The van der Waals surface area contributed by atoms with Crippen LogP contribution in [0.3, 0.4) is 0 Å². The highest BCUT2D eigenvalue weighted by molar-refractivity contribution is 5.34. The molecule has 2 aromatic rings. The Bertz CT molecular complexity index is 449. The predicted molar refractivity (Wildman–Crippen MR) is 67.5 cm³/mol. The monoisotopic (exact) mass is 215 g/mol. The molecule has 1 heterocycles. The maximum atomic E-state index is 2.25. The Morgan fingerprint density at radius 3 is 2.25 bits per heavy atom. The van der Waals surface area contributed by atoms with Gasteiger partial charge in [-0.15, -0.1) is 0 Å². The van der Waals surface area contributed by atoms with Gasteiger partial charge in [-0.05, 0) is 24.3 Å². The number of quaternary nitrogens is 1. The van der Waals surface area contributed by atoms with Gasteiger partial charge in [-0.1, -0.05) is 18.2 Å². The molecule has 0 saturated carbocycles. The quantitative estimate of drug-likeness (QED) is 0.694. The minimum Gasteiger partial charge on any atom is -0.326 e. The Morgan fingerprint density at radius 1 is 0.938 bits per heavy atom. The van der Waals surface area contributed by atoms with E-state index in [0.29, 0.717) is 0 Å². The number of para-hydroxylation sites is 1. The smallest absolute Gasteiger partial charge is 0.119 e. The fourth-order valence-corrected chi connectivity index (χ4v) is 1.87. The van der Waals surface area contributed by atoms with E-state index in [9.17, 15) is 0 Å². The molecule has 0 bridgehead atoms. The third-order valence-electron chi connectivity index (χ3n) is 2.50. The van der Waals surface area contributed by atoms with Gasteiger partial charge in [0.2, 0.25) is 0 Å². The maximum absolute atomic E-state index is 2.25. The standard InChI is InChI=1S/C14H19N2/c1-16(2,3)12-14-10-7-11-15(14)13-8-5-4-6-9-13/h4-11H,12H2,1-3H3/q+1. The van der Waals surface area contributed by atoms with Crippen LogP contribution in [0.15, 0.2) is 48.7 Å². The molecule has 1 aromatic heterocycles. The average molecular weight is 215 g/mol. The predicted octanol–water partition coefficient (Wildman–Crippen LogP) is 2.68. The molecule has 2 nitrogen and oxygen atoms in total. The SMILES string of the molecule is C[N+](C)(C)Cc1cccn1-c1ccccc1. The van der Waals surface area contributed by atoms with E-state index in [2.05, 4.69) is 68.3 Å². The Hall–Kier alpha value is -1.54. The van der Waals surface area contributed by atoms with Crippen molar-refractivity contribution in [3.05, 3.63) is 54.4 Å². The molecule has 0 aliphatic carbocycles. The Balaban J connectivity index is 2.33. The van der Waals surface area contributed by atoms with Crippen molar-refractivity contribution >= 4 is 0 Å². The van der Waals surface area contributed by atoms with E-state index in [4.69, 9.17) is 0 Å². The fourth-order valence-electron chi connectivity index (χ4n) is 1.87. The molecular weight excluding hydrogens is 196 g/mol. The van der Waals surface area contributed by atoms with Gasteiger partial charge in [0.25, 0.3) is 0 Å². The number of nitrogens with zero attached hydrogens (tertiary/aromatic N) is 2. The molecule has 0 fully saturated rings. The largest absolute Gasteiger partial charge is 0.326 e. The minimum absolute atomic E-state index is 0.941. The summed E-state index contributed by atoms with van der Waals surface area (Å²) in [7, 11) is 6.63. The van der Waals surface area contributed by atoms with Crippen LogP contribution in [0.4, 0.5) is 0 Å². The van der Waals surface area contributed by atoms with Crippen LogP contribution < -0.4 is 0 Å². The van der Waals surface area contributed by atoms with E-state index in [-0.39, 0.29) is 0 Å². The van der Waals surface area contributed by atoms with Crippen molar-refractivity contribution in [1.29, 1.82) is 0 Å². The summed E-state index contributed by atoms with van der Waals surface area (Å²) in [4.78, 5) is 0. The van der Waals surface area contributed by atoms with Crippen LogP contribution in [-0.2, 0) is 6.54 Å². The second-order valence-corrected chi connectivity index (χ2v) is 5.15. The van der Waals surface area contributed by atoms with Crippen molar-refractivity contribution in [2.75, 3.05) is 21.1 Å². The number of hydrogen-bond donors (Lipinski definition) is 0. The summed E-state index contributed by atoms with van der Waals surface area (Å²) in [6.07, 6.45) is 2.13. The molecule has 0 saturated heterocycles. The lowest BCUT2D eigenvalue weighted by Crippen LogP contribution is -2.34. The summed E-state index contributed by atoms with van der Waals surface area (Å²) in [5, 5.41) is 0. The lowest BCUT2D eigenvalue weighted by molar-refractivity contribution is -0.884. The summed E-state index contributed by atoms with van der Waals surface area (Å²) in [5.74, 6) is 0. The fraction of sp³-hybridized carbons (Fsp3) is 0.286. The third-order valence-corrected chi connectivity index (χ3v) is 2.50. The maximum Gasteiger partial charge on any atom is 0.119 e. The van der Waals surface area contributed by atoms with Crippen molar-refractivity contribution in [2.24, 2.45) is 0 Å². The first-order chi connectivity index (χ1) is 7.56. The van der Waals surface area contributed by atoms with Crippen molar-refractivity contribution in [3.8, 4) is 5.69 Å². The molecule has 1 aromatic carbocycles. The molecule has 0 spiro atoms. The summed E-state index contributed by atoms with van der Waals surface area (Å²) in [5.41, 5.74) is 2.58. The molecular formula is C14H19N2+. The lowest BCUT2D eigenvalue weighted by atomic mass is 10.3. The highest BCUT2D eigenvalue weighted by Gasteiger charge is 2.12. The minimum atomic E-state index is 0.941. The average Bonchev–Trinajstić information content (AvgIpc) is 2.64. The summed E-state index contributed by atoms with van der Waals surface area (Å²) in [6.45, 7) is 1.03. The van der Waals surface area contributed by atoms with E-state index >= 15 is 0 Å². The van der Waals surface area contributed by atoms with Gasteiger partial charge in [0.1, 0.15) is 6.54 Å². The Kier molecular flexibility index (Phi) is 2.84. The zero-order valence-electron chi connectivity index (χ0n) is 10.2. The van der Waals surface area contributed by atoms with Crippen LogP contribution in [0.5, 0.6) is 0 Å². The number of benzene rings is 1. The van der Waals surface area contributed by atoms with Crippen LogP contribution in [0.25, 0.3) is 5.69 Å². The molecule has 0 aliphatic heterocycles. The Morgan fingerprint density at radius 2 is 1.62 bits per heavy atom. The molecule has 0 unspecified atom stereocenters. The first-order valence-corrected chi connectivity index (χ1v) is 5.58. The van der Waals surface area contributed by atoms with Crippen LogP contribution in [0.2, 0.25) is 0 Å². The zero-order chi connectivity index (χ0) is 11.6. The lowest BCUT2D eigenvalue weighted by Gasteiger charge is -2.24. The second kappa shape index (κ2) is 4.14. The highest BCUT2D eigenvalue weighted by atomic mass is 15.3. The van der Waals surface area contributed by atoms with Crippen LogP contribution >= 0.6 is 0 Å². The van der Waals surface area contributed by atoms with E-state index in [0.717, 1.165) is 11.0 Å². The molecule has 16 heavy (non-hydrogen) atoms. The molecule has 0 N–H and O–H groups in total. The highest BCUT2D eigenvalue weighted by Crippen LogP contribution is 2.14. The van der Waals surface area contributed by atoms with Gasteiger partial charge in [0.05, 0.1) is 26.8 Å². The third kappa shape index (κ3) is 2.52. The van der Waals surface area contributed by atoms with E-state index in [1.165, 1.54) is 11.4 Å². The molecule has 2 rings (SSSR count). The van der Waals surface area contributed by atoms with Gasteiger partial charge in [-0.2, -0.15) is 0 Å². The van der Waals surface area contributed by atoms with Gasteiger partial charge < -0.3 is 9.05 Å². The van der Waals surface area contributed by atoms with Crippen molar-refractivity contribution < 1.29 is 4.48 Å². The van der Waals surface area contributed by atoms with Crippen LogP contribution in [0.1, 0.15) is 5.69 Å². The van der Waals surface area contributed by atoms with E-state index in [1.807, 2.05) is 6.07 Å². The van der Waals surface area contributed by atoms with E-state index in [1.54, 1.807) is 0 Å². The van der Waals surface area contributed by atoms with Gasteiger partial charge >= 0.3 is 0 Å². The van der Waals surface area contributed by atoms with Gasteiger partial charge in [0, 0.05) is 11.9 Å². The number of hydrogen-bond acceptors (Lipinski definition) is 0. The molecule has 0 amide bonds. The molecule has 84 valence electrons. The normalized spacial score (nSPS) is 11.7. The second-order valence-electron chi connectivity index (χ2n) is 5.15. The van der Waals surface area contributed by atoms with Gasteiger partial charge in [-0.25, -0.2) is 0 Å². The Labute approximate surface area is 97.3 Å². The summed E-state index contributed by atoms with van der Waals surface area (Å²) < 4.78 is 3.19. The van der Waals surface area contributed by atoms with Gasteiger partial charge in [-0.3, -0.25) is 0 Å². The first kappa shape index (κ1) is 11.0. The van der Waals surface area contributed by atoms with Gasteiger partial charge in [0.15, 0.2) is 0 Å². The van der Waals surface area contributed by atoms with Crippen molar-refractivity contribution in [2.45, 2.75) is 6.54 Å². The molecule has 0 aliphatic rings. The summed E-state index contributed by atoms with van der Waals surface area (Å²) in [6, 6.07) is 14.8.